The molecule has 1 aromatic heterocycles. The molecule has 3 N–H and O–H groups in total. The number of aliphatic hydroxyl groups excluding tert-OH is 1. The molecule has 1 unspecified atom stereocenters. The monoisotopic (exact) mass is 761 g/mol. The number of nitrogens with zero attached hydrogens (tertiary/aromatic N) is 6. The van der Waals surface area contributed by atoms with Crippen molar-refractivity contribution in [1.82, 2.24) is 20.3 Å². The molecule has 0 bridgehead atoms. The maximum atomic E-state index is 14.8. The zero-order valence-corrected chi connectivity index (χ0v) is 32.8. The number of piperidine rings is 1. The van der Waals surface area contributed by atoms with Crippen LogP contribution in [0, 0.1) is 5.92 Å². The second-order valence-corrected chi connectivity index (χ2v) is 20.0. The first kappa shape index (κ1) is 37.3. The summed E-state index contributed by atoms with van der Waals surface area (Å²) in [6.45, 7) is 12.3. The Kier molecular flexibility index (Phi) is 9.79. The van der Waals surface area contributed by atoms with Gasteiger partial charge in [0.1, 0.15) is 5.54 Å². The van der Waals surface area contributed by atoms with E-state index in [1.165, 1.54) is 0 Å². The third kappa shape index (κ3) is 6.13. The summed E-state index contributed by atoms with van der Waals surface area (Å²) in [6, 6.07) is 25.7. The Morgan fingerprint density at radius 2 is 1.73 bits per heavy atom. The van der Waals surface area contributed by atoms with Crippen molar-refractivity contribution in [1.29, 1.82) is 0 Å². The summed E-state index contributed by atoms with van der Waals surface area (Å²) in [5.41, 5.74) is 2.47. The molecule has 2 spiro atoms. The number of anilines is 3. The molecular weight excluding hydrogens is 711 g/mol. The average molecular weight is 762 g/mol. The molecule has 55 heavy (non-hydrogen) atoms. The molecular formula is C42H51N7O5Si. The lowest BCUT2D eigenvalue weighted by Crippen LogP contribution is -2.55. The van der Waals surface area contributed by atoms with Gasteiger partial charge >= 0.3 is 0 Å². The minimum atomic E-state index is -2.93. The summed E-state index contributed by atoms with van der Waals surface area (Å²) >= 11 is 0. The van der Waals surface area contributed by atoms with E-state index in [4.69, 9.17) is 4.74 Å². The Bertz CT molecular complexity index is 2050. The van der Waals surface area contributed by atoms with Gasteiger partial charge < -0.3 is 29.8 Å². The normalized spacial score (nSPS) is 25.3. The predicted octanol–water partition coefficient (Wildman–Crippen LogP) is 4.76. The van der Waals surface area contributed by atoms with Crippen LogP contribution in [0.4, 0.5) is 17.1 Å². The Balaban J connectivity index is 1.13. The molecule has 3 fully saturated rings. The minimum Gasteiger partial charge on any atom is -0.432 e. The van der Waals surface area contributed by atoms with Crippen LogP contribution in [0.3, 0.4) is 0 Å². The molecule has 8 rings (SSSR count). The standard InChI is InChI=1S/C42H51N7O5Si/c1-5-23-47-36-17-16-32(48-28-49(31-14-10-7-11-15-31)41(39(48)51)19-21-43-22-20-41)25-34(36)42(40(47)52)29(2)38(55(3,4)53)37(54-42)18-24-46-26-35(44-45-46)33(27-50)30-12-8-6-9-13-30/h5-17,25-26,29,33,37-38,43,50,53H,1,18-24,27-28H2,2-4H3/t29-,33?,37+,38-,42+/m0/s1. The number of carbonyl (C=O) groups excluding carboxylic acids is 2. The summed E-state index contributed by atoms with van der Waals surface area (Å²) in [6.07, 6.45) is 4.99. The van der Waals surface area contributed by atoms with E-state index in [1.54, 1.807) is 15.7 Å². The van der Waals surface area contributed by atoms with Gasteiger partial charge in [0.15, 0.2) is 13.9 Å². The number of fused-ring (bicyclic) bond motifs is 2. The summed E-state index contributed by atoms with van der Waals surface area (Å²) in [7, 11) is -2.93. The second kappa shape index (κ2) is 14.4. The topological polar surface area (TPSA) is 136 Å². The van der Waals surface area contributed by atoms with Crippen LogP contribution in [0.2, 0.25) is 18.6 Å². The van der Waals surface area contributed by atoms with E-state index >= 15 is 0 Å². The van der Waals surface area contributed by atoms with Crippen molar-refractivity contribution in [3.8, 4) is 0 Å². The molecule has 2 amide bonds. The molecule has 3 aromatic carbocycles. The molecule has 0 saturated carbocycles. The zero-order valence-electron chi connectivity index (χ0n) is 31.8. The number of aryl methyl sites for hydroxylation is 1. The number of rotatable bonds is 11. The SMILES string of the molecule is C=CCN1C(=O)[C@]2(O[C@H](CCn3cc(C(CO)c4ccccc4)nn3)[C@@H]([Si](C)(C)O)[C@@H]2C)c2cc(N3CN(c4ccccc4)C4(CCNCC4)C3=O)ccc21. The van der Waals surface area contributed by atoms with Gasteiger partial charge in [-0.1, -0.05) is 66.7 Å². The maximum absolute atomic E-state index is 14.8. The third-order valence-corrected chi connectivity index (χ3v) is 15.0. The molecule has 12 nitrogen and oxygen atoms in total. The van der Waals surface area contributed by atoms with Crippen molar-refractivity contribution >= 4 is 37.2 Å². The smallest absolute Gasteiger partial charge is 0.264 e. The molecule has 3 saturated heterocycles. The van der Waals surface area contributed by atoms with Crippen molar-refractivity contribution in [2.75, 3.05) is 47.6 Å². The van der Waals surface area contributed by atoms with Crippen molar-refractivity contribution in [2.24, 2.45) is 5.92 Å². The van der Waals surface area contributed by atoms with Crippen molar-refractivity contribution in [3.63, 3.8) is 0 Å². The third-order valence-electron chi connectivity index (χ3n) is 12.5. The highest BCUT2D eigenvalue weighted by Gasteiger charge is 2.66. The molecule has 0 aliphatic carbocycles. The van der Waals surface area contributed by atoms with Crippen molar-refractivity contribution < 1.29 is 24.2 Å². The number of hydrogen-bond donors (Lipinski definition) is 3. The van der Waals surface area contributed by atoms with E-state index in [2.05, 4.69) is 39.2 Å². The zero-order chi connectivity index (χ0) is 38.5. The maximum Gasteiger partial charge on any atom is 0.264 e. The van der Waals surface area contributed by atoms with E-state index in [9.17, 15) is 19.5 Å². The van der Waals surface area contributed by atoms with Gasteiger partial charge in [-0.2, -0.15) is 0 Å². The van der Waals surface area contributed by atoms with Gasteiger partial charge in [-0.3, -0.25) is 19.2 Å². The molecule has 4 aromatic rings. The van der Waals surface area contributed by atoms with Crippen LogP contribution in [-0.4, -0.2) is 89.6 Å². The van der Waals surface area contributed by atoms with Gasteiger partial charge in [0, 0.05) is 47.7 Å². The van der Waals surface area contributed by atoms with E-state index < -0.39 is 25.6 Å². The Labute approximate surface area is 323 Å². The lowest BCUT2D eigenvalue weighted by molar-refractivity contribution is -0.145. The number of carbonyl (C=O) groups is 2. The number of aromatic nitrogens is 3. The first-order valence-electron chi connectivity index (χ1n) is 19.4. The average Bonchev–Trinajstić information content (AvgIpc) is 3.91. The summed E-state index contributed by atoms with van der Waals surface area (Å²) in [5, 5.41) is 22.5. The van der Waals surface area contributed by atoms with Gasteiger partial charge in [0.25, 0.3) is 11.8 Å². The first-order valence-corrected chi connectivity index (χ1v) is 22.4. The lowest BCUT2D eigenvalue weighted by atomic mass is 9.82. The molecule has 5 heterocycles. The number of aliphatic hydroxyl groups is 1. The van der Waals surface area contributed by atoms with Crippen LogP contribution in [0.15, 0.2) is 97.7 Å². The fraction of sp³-hybridized carbons (Fsp3) is 0.429. The van der Waals surface area contributed by atoms with Gasteiger partial charge in [-0.25, -0.2) is 0 Å². The number of benzene rings is 3. The fourth-order valence-corrected chi connectivity index (χ4v) is 12.5. The Morgan fingerprint density at radius 1 is 1.02 bits per heavy atom. The van der Waals surface area contributed by atoms with E-state index in [0.717, 1.165) is 41.3 Å². The highest BCUT2D eigenvalue weighted by Crippen LogP contribution is 2.60. The van der Waals surface area contributed by atoms with Gasteiger partial charge in [0.05, 0.1) is 36.7 Å². The number of ether oxygens (including phenoxy) is 1. The van der Waals surface area contributed by atoms with Crippen LogP contribution in [0.25, 0.3) is 0 Å². The molecule has 288 valence electrons. The second-order valence-electron chi connectivity index (χ2n) is 16.0. The lowest BCUT2D eigenvalue weighted by Gasteiger charge is -2.39. The van der Waals surface area contributed by atoms with Crippen LogP contribution < -0.4 is 20.0 Å². The molecule has 0 radical (unpaired) electrons. The predicted molar refractivity (Wildman–Crippen MR) is 214 cm³/mol. The van der Waals surface area contributed by atoms with Gasteiger partial charge in [0.2, 0.25) is 0 Å². The van der Waals surface area contributed by atoms with Crippen LogP contribution >= 0.6 is 0 Å². The quantitative estimate of drug-likeness (QED) is 0.146. The number of para-hydroxylation sites is 1. The number of hydrogen-bond acceptors (Lipinski definition) is 9. The Morgan fingerprint density at radius 3 is 2.40 bits per heavy atom. The van der Waals surface area contributed by atoms with Crippen LogP contribution in [0.5, 0.6) is 0 Å². The van der Waals surface area contributed by atoms with Crippen LogP contribution in [-0.2, 0) is 26.5 Å². The van der Waals surface area contributed by atoms with Gasteiger partial charge in [-0.05, 0) is 81.3 Å². The minimum absolute atomic E-state index is 0.0575. The highest BCUT2D eigenvalue weighted by atomic mass is 28.4. The van der Waals surface area contributed by atoms with E-state index in [0.29, 0.717) is 44.7 Å². The van der Waals surface area contributed by atoms with Crippen molar-refractivity contribution in [3.05, 3.63) is 115 Å². The fourth-order valence-electron chi connectivity index (χ4n) is 9.88. The molecule has 4 aliphatic heterocycles. The van der Waals surface area contributed by atoms with Gasteiger partial charge in [-0.15, -0.1) is 11.7 Å². The molecule has 13 heteroatoms. The Hall–Kier alpha value is -4.66. The van der Waals surface area contributed by atoms with Crippen molar-refractivity contribution in [2.45, 2.75) is 74.5 Å². The summed E-state index contributed by atoms with van der Waals surface area (Å²) in [4.78, 5) is 47.2. The summed E-state index contributed by atoms with van der Waals surface area (Å²) in [5.74, 6) is -0.790. The molecule has 4 aliphatic rings. The van der Waals surface area contributed by atoms with Crippen LogP contribution in [0.1, 0.15) is 48.9 Å². The summed E-state index contributed by atoms with van der Waals surface area (Å²) < 4.78 is 8.87. The molecule has 5 atom stereocenters. The number of nitrogens with one attached hydrogen (secondary N) is 1. The first-order chi connectivity index (χ1) is 26.5. The van der Waals surface area contributed by atoms with E-state index in [-0.39, 0.29) is 35.8 Å². The highest BCUT2D eigenvalue weighted by molar-refractivity contribution is 6.71. The largest absolute Gasteiger partial charge is 0.432 e. The number of amides is 2. The van der Waals surface area contributed by atoms with E-state index in [1.807, 2.05) is 97.8 Å².